The van der Waals surface area contributed by atoms with Crippen LogP contribution >= 0.6 is 0 Å². The second-order valence-corrected chi connectivity index (χ2v) is 6.95. The van der Waals surface area contributed by atoms with Crippen LogP contribution in [0.3, 0.4) is 0 Å². The summed E-state index contributed by atoms with van der Waals surface area (Å²) in [5, 5.41) is 0. The van der Waals surface area contributed by atoms with Gasteiger partial charge in [0.2, 0.25) is 0 Å². The van der Waals surface area contributed by atoms with Crippen LogP contribution in [0.25, 0.3) is 11.4 Å². The van der Waals surface area contributed by atoms with E-state index in [4.69, 9.17) is 14.7 Å². The lowest BCUT2D eigenvalue weighted by Crippen LogP contribution is -2.32. The van der Waals surface area contributed by atoms with Gasteiger partial charge in [0.1, 0.15) is 0 Å². The second kappa shape index (κ2) is 6.99. The molecule has 24 heavy (non-hydrogen) atoms. The zero-order valence-electron chi connectivity index (χ0n) is 14.4. The molecule has 1 saturated heterocycles. The van der Waals surface area contributed by atoms with E-state index in [1.165, 1.54) is 17.7 Å². The van der Waals surface area contributed by atoms with E-state index in [9.17, 15) is 0 Å². The summed E-state index contributed by atoms with van der Waals surface area (Å²) in [5.74, 6) is 1.57. The first-order chi connectivity index (χ1) is 11.8. The Morgan fingerprint density at radius 1 is 1.12 bits per heavy atom. The lowest BCUT2D eigenvalue weighted by Gasteiger charge is -2.22. The van der Waals surface area contributed by atoms with Crippen molar-refractivity contribution in [2.75, 3.05) is 32.8 Å². The number of aromatic nitrogens is 2. The number of hydrogen-bond donors (Lipinski definition) is 0. The minimum atomic E-state index is 0.707. The first-order valence-corrected chi connectivity index (χ1v) is 9.01. The molecule has 1 fully saturated rings. The summed E-state index contributed by atoms with van der Waals surface area (Å²) in [6, 6.07) is 10.3. The predicted molar refractivity (Wildman–Crippen MR) is 95.0 cm³/mol. The minimum Gasteiger partial charge on any atom is -0.381 e. The topological polar surface area (TPSA) is 38.2 Å². The molecule has 2 aliphatic rings. The SMILES string of the molecule is Cc1nc(-c2ccccc2)nc2c1CCN(C[C@H]1CCOC1)CC2. The highest BCUT2D eigenvalue weighted by atomic mass is 16.5. The molecule has 0 amide bonds. The Kier molecular flexibility index (Phi) is 4.58. The van der Waals surface area contributed by atoms with Crippen LogP contribution in [0.4, 0.5) is 0 Å². The van der Waals surface area contributed by atoms with Crippen LogP contribution in [0.2, 0.25) is 0 Å². The molecule has 0 saturated carbocycles. The number of hydrogen-bond acceptors (Lipinski definition) is 4. The average molecular weight is 323 g/mol. The Bertz CT molecular complexity index is 696. The number of nitrogens with zero attached hydrogens (tertiary/aromatic N) is 3. The smallest absolute Gasteiger partial charge is 0.159 e. The summed E-state index contributed by atoms with van der Waals surface area (Å²) in [7, 11) is 0. The van der Waals surface area contributed by atoms with Crippen LogP contribution in [-0.2, 0) is 17.6 Å². The van der Waals surface area contributed by atoms with Crippen molar-refractivity contribution in [2.24, 2.45) is 5.92 Å². The van der Waals surface area contributed by atoms with Gasteiger partial charge in [0.15, 0.2) is 5.82 Å². The van der Waals surface area contributed by atoms with Gasteiger partial charge in [0.05, 0.1) is 6.61 Å². The fraction of sp³-hybridized carbons (Fsp3) is 0.500. The lowest BCUT2D eigenvalue weighted by molar-refractivity contribution is 0.168. The molecule has 4 heteroatoms. The summed E-state index contributed by atoms with van der Waals surface area (Å²) in [5.41, 5.74) is 4.85. The standard InChI is InChI=1S/C20H25N3O/c1-15-18-7-10-23(13-16-9-12-24-14-16)11-8-19(18)22-20(21-15)17-5-3-2-4-6-17/h2-6,16H,7-14H2,1H3/t16-/m1/s1. The molecule has 1 atom stereocenters. The number of ether oxygens (including phenoxy) is 1. The van der Waals surface area contributed by atoms with E-state index < -0.39 is 0 Å². The number of aryl methyl sites for hydroxylation is 1. The summed E-state index contributed by atoms with van der Waals surface area (Å²) in [4.78, 5) is 12.3. The van der Waals surface area contributed by atoms with Crippen molar-refractivity contribution in [3.63, 3.8) is 0 Å². The average Bonchev–Trinajstić information content (AvgIpc) is 3.03. The third kappa shape index (κ3) is 3.35. The van der Waals surface area contributed by atoms with E-state index in [0.29, 0.717) is 5.92 Å². The van der Waals surface area contributed by atoms with Gasteiger partial charge in [-0.3, -0.25) is 0 Å². The van der Waals surface area contributed by atoms with Crippen molar-refractivity contribution in [3.8, 4) is 11.4 Å². The van der Waals surface area contributed by atoms with E-state index in [1.54, 1.807) is 0 Å². The van der Waals surface area contributed by atoms with E-state index in [1.807, 2.05) is 18.2 Å². The summed E-state index contributed by atoms with van der Waals surface area (Å²) in [6.07, 6.45) is 3.29. The van der Waals surface area contributed by atoms with Crippen LogP contribution in [-0.4, -0.2) is 47.7 Å². The lowest BCUT2D eigenvalue weighted by atomic mass is 10.1. The predicted octanol–water partition coefficient (Wildman–Crippen LogP) is 2.89. The van der Waals surface area contributed by atoms with E-state index in [-0.39, 0.29) is 0 Å². The highest BCUT2D eigenvalue weighted by Crippen LogP contribution is 2.23. The molecule has 4 rings (SSSR count). The molecule has 126 valence electrons. The molecule has 1 aromatic heterocycles. The van der Waals surface area contributed by atoms with Gasteiger partial charge in [-0.1, -0.05) is 30.3 Å². The molecule has 3 heterocycles. The van der Waals surface area contributed by atoms with Crippen LogP contribution in [0.15, 0.2) is 30.3 Å². The van der Waals surface area contributed by atoms with Gasteiger partial charge in [-0.25, -0.2) is 9.97 Å². The Morgan fingerprint density at radius 3 is 2.75 bits per heavy atom. The van der Waals surface area contributed by atoms with Crippen LogP contribution in [0.1, 0.15) is 23.4 Å². The van der Waals surface area contributed by atoms with Gasteiger partial charge < -0.3 is 9.64 Å². The molecule has 0 spiro atoms. The highest BCUT2D eigenvalue weighted by molar-refractivity contribution is 5.55. The minimum absolute atomic E-state index is 0.707. The normalized spacial score (nSPS) is 21.5. The third-order valence-corrected chi connectivity index (χ3v) is 5.21. The van der Waals surface area contributed by atoms with Crippen molar-refractivity contribution < 1.29 is 4.74 Å². The van der Waals surface area contributed by atoms with Crippen molar-refractivity contribution >= 4 is 0 Å². The quantitative estimate of drug-likeness (QED) is 0.870. The summed E-state index contributed by atoms with van der Waals surface area (Å²) in [6.45, 7) is 7.36. The van der Waals surface area contributed by atoms with Crippen LogP contribution in [0, 0.1) is 12.8 Å². The van der Waals surface area contributed by atoms with Gasteiger partial charge in [-0.05, 0) is 31.2 Å². The van der Waals surface area contributed by atoms with Gasteiger partial charge in [0.25, 0.3) is 0 Å². The maximum Gasteiger partial charge on any atom is 0.159 e. The molecule has 4 nitrogen and oxygen atoms in total. The maximum absolute atomic E-state index is 5.53. The van der Waals surface area contributed by atoms with Gasteiger partial charge in [-0.2, -0.15) is 0 Å². The zero-order chi connectivity index (χ0) is 16.4. The highest BCUT2D eigenvalue weighted by Gasteiger charge is 2.23. The van der Waals surface area contributed by atoms with Gasteiger partial charge >= 0.3 is 0 Å². The molecule has 0 radical (unpaired) electrons. The first-order valence-electron chi connectivity index (χ1n) is 9.01. The number of rotatable bonds is 3. The third-order valence-electron chi connectivity index (χ3n) is 5.21. The first kappa shape index (κ1) is 15.7. The van der Waals surface area contributed by atoms with E-state index in [2.05, 4.69) is 24.0 Å². The summed E-state index contributed by atoms with van der Waals surface area (Å²) < 4.78 is 5.53. The summed E-state index contributed by atoms with van der Waals surface area (Å²) >= 11 is 0. The van der Waals surface area contributed by atoms with Crippen molar-refractivity contribution in [3.05, 3.63) is 47.3 Å². The number of fused-ring (bicyclic) bond motifs is 1. The van der Waals surface area contributed by atoms with Crippen LogP contribution < -0.4 is 0 Å². The molecule has 2 aliphatic heterocycles. The van der Waals surface area contributed by atoms with Gasteiger partial charge in [0, 0.05) is 49.6 Å². The molecule has 2 aromatic rings. The molecule has 0 unspecified atom stereocenters. The largest absolute Gasteiger partial charge is 0.381 e. The van der Waals surface area contributed by atoms with Gasteiger partial charge in [-0.15, -0.1) is 0 Å². The maximum atomic E-state index is 5.53. The molecule has 1 aromatic carbocycles. The van der Waals surface area contributed by atoms with E-state index >= 15 is 0 Å². The monoisotopic (exact) mass is 323 g/mol. The second-order valence-electron chi connectivity index (χ2n) is 6.95. The van der Waals surface area contributed by atoms with Crippen molar-refractivity contribution in [1.29, 1.82) is 0 Å². The molecular formula is C20H25N3O. The Hall–Kier alpha value is -1.78. The fourth-order valence-corrected chi connectivity index (χ4v) is 3.82. The Balaban J connectivity index is 1.53. The molecule has 0 aliphatic carbocycles. The molecule has 0 N–H and O–H groups in total. The fourth-order valence-electron chi connectivity index (χ4n) is 3.82. The molecule has 0 bridgehead atoms. The van der Waals surface area contributed by atoms with Crippen molar-refractivity contribution in [2.45, 2.75) is 26.2 Å². The molecular weight excluding hydrogens is 298 g/mol. The van der Waals surface area contributed by atoms with Crippen LogP contribution in [0.5, 0.6) is 0 Å². The van der Waals surface area contributed by atoms with E-state index in [0.717, 1.165) is 62.8 Å². The number of benzene rings is 1. The zero-order valence-corrected chi connectivity index (χ0v) is 14.4. The van der Waals surface area contributed by atoms with Crippen molar-refractivity contribution in [1.82, 2.24) is 14.9 Å². The Morgan fingerprint density at radius 2 is 1.96 bits per heavy atom. The Labute approximate surface area is 143 Å².